The molecular formula is C15H20FNO3. The van der Waals surface area contributed by atoms with Crippen molar-refractivity contribution in [2.24, 2.45) is 0 Å². The number of benzene rings is 1. The summed E-state index contributed by atoms with van der Waals surface area (Å²) < 4.78 is 13.5. The maximum absolute atomic E-state index is 13.5. The molecule has 0 saturated carbocycles. The lowest BCUT2D eigenvalue weighted by Gasteiger charge is -2.40. The van der Waals surface area contributed by atoms with Crippen molar-refractivity contribution in [3.63, 3.8) is 0 Å². The second-order valence-corrected chi connectivity index (χ2v) is 4.70. The normalized spacial score (nSPS) is 13.6. The zero-order valence-electron chi connectivity index (χ0n) is 12.0. The molecule has 0 radical (unpaired) electrons. The molecule has 1 amide bonds. The van der Waals surface area contributed by atoms with Gasteiger partial charge in [-0.3, -0.25) is 4.79 Å². The third-order valence-corrected chi connectivity index (χ3v) is 3.46. The van der Waals surface area contributed by atoms with Crippen LogP contribution in [-0.2, 0) is 15.1 Å². The predicted octanol–water partition coefficient (Wildman–Crippen LogP) is 2.77. The van der Waals surface area contributed by atoms with Crippen molar-refractivity contribution in [2.45, 2.75) is 39.2 Å². The molecular weight excluding hydrogens is 261 g/mol. The molecule has 0 aliphatic carbocycles. The molecule has 4 nitrogen and oxygen atoms in total. The van der Waals surface area contributed by atoms with Crippen LogP contribution < -0.4 is 0 Å². The van der Waals surface area contributed by atoms with E-state index >= 15 is 0 Å². The molecule has 1 rings (SSSR count). The van der Waals surface area contributed by atoms with E-state index in [2.05, 4.69) is 0 Å². The Morgan fingerprint density at radius 3 is 2.40 bits per heavy atom. The number of carboxylic acids is 1. The van der Waals surface area contributed by atoms with Crippen LogP contribution in [0.4, 0.5) is 4.39 Å². The number of amides is 1. The van der Waals surface area contributed by atoms with Crippen molar-refractivity contribution >= 4 is 11.9 Å². The fraction of sp³-hybridized carbons (Fsp3) is 0.467. The summed E-state index contributed by atoms with van der Waals surface area (Å²) in [5.41, 5.74) is -1.24. The second-order valence-electron chi connectivity index (χ2n) is 4.70. The van der Waals surface area contributed by atoms with Gasteiger partial charge in [-0.05, 0) is 30.5 Å². The Morgan fingerprint density at radius 1 is 1.35 bits per heavy atom. The molecule has 110 valence electrons. The van der Waals surface area contributed by atoms with Crippen molar-refractivity contribution in [3.05, 3.63) is 35.6 Å². The minimum Gasteiger partial charge on any atom is -0.479 e. The van der Waals surface area contributed by atoms with Gasteiger partial charge in [0.15, 0.2) is 5.54 Å². The van der Waals surface area contributed by atoms with E-state index in [1.54, 1.807) is 13.0 Å². The Labute approximate surface area is 118 Å². The van der Waals surface area contributed by atoms with Gasteiger partial charge in [0.1, 0.15) is 5.82 Å². The Morgan fingerprint density at radius 2 is 2.00 bits per heavy atom. The first-order valence-electron chi connectivity index (χ1n) is 6.67. The monoisotopic (exact) mass is 281 g/mol. The van der Waals surface area contributed by atoms with Gasteiger partial charge in [-0.25, -0.2) is 9.18 Å². The lowest BCUT2D eigenvalue weighted by atomic mass is 9.85. The van der Waals surface area contributed by atoms with Gasteiger partial charge < -0.3 is 10.0 Å². The van der Waals surface area contributed by atoms with Crippen LogP contribution in [0.3, 0.4) is 0 Å². The standard InChI is InChI=1S/C15H20FNO3/c1-4-9-17(11(3)18)15(5-2,14(19)20)12-7-6-8-13(16)10-12/h6-8,10H,4-5,9H2,1-3H3,(H,19,20). The van der Waals surface area contributed by atoms with Crippen LogP contribution in [0, 0.1) is 5.82 Å². The van der Waals surface area contributed by atoms with Crippen LogP contribution >= 0.6 is 0 Å². The van der Waals surface area contributed by atoms with Crippen molar-refractivity contribution < 1.29 is 19.1 Å². The van der Waals surface area contributed by atoms with Crippen LogP contribution in [0.25, 0.3) is 0 Å². The van der Waals surface area contributed by atoms with Crippen molar-refractivity contribution in [3.8, 4) is 0 Å². The summed E-state index contributed by atoms with van der Waals surface area (Å²) in [5.74, 6) is -1.99. The van der Waals surface area contributed by atoms with E-state index in [1.165, 1.54) is 30.0 Å². The summed E-state index contributed by atoms with van der Waals surface area (Å²) in [6.07, 6.45) is 0.801. The molecule has 1 aromatic carbocycles. The van der Waals surface area contributed by atoms with E-state index in [-0.39, 0.29) is 17.9 Å². The number of carboxylic acid groups (broad SMARTS) is 1. The predicted molar refractivity (Wildman–Crippen MR) is 73.7 cm³/mol. The SMILES string of the molecule is CCCN(C(C)=O)C(CC)(C(=O)O)c1cccc(F)c1. The van der Waals surface area contributed by atoms with Gasteiger partial charge in [0.05, 0.1) is 0 Å². The molecule has 5 heteroatoms. The van der Waals surface area contributed by atoms with Crippen LogP contribution in [0.2, 0.25) is 0 Å². The van der Waals surface area contributed by atoms with Crippen LogP contribution in [0.5, 0.6) is 0 Å². The van der Waals surface area contributed by atoms with E-state index in [0.29, 0.717) is 13.0 Å². The minimum atomic E-state index is -1.52. The quantitative estimate of drug-likeness (QED) is 0.872. The van der Waals surface area contributed by atoms with Crippen molar-refractivity contribution in [2.75, 3.05) is 6.54 Å². The first-order valence-corrected chi connectivity index (χ1v) is 6.67. The third kappa shape index (κ3) is 2.81. The Hall–Kier alpha value is -1.91. The number of hydrogen-bond donors (Lipinski definition) is 1. The second kappa shape index (κ2) is 6.50. The van der Waals surface area contributed by atoms with Crippen molar-refractivity contribution in [1.82, 2.24) is 4.90 Å². The summed E-state index contributed by atoms with van der Waals surface area (Å²) in [5, 5.41) is 9.70. The highest BCUT2D eigenvalue weighted by atomic mass is 19.1. The lowest BCUT2D eigenvalue weighted by Crippen LogP contribution is -2.54. The fourth-order valence-electron chi connectivity index (χ4n) is 2.53. The number of carbonyl (C=O) groups excluding carboxylic acids is 1. The van der Waals surface area contributed by atoms with Gasteiger partial charge in [-0.2, -0.15) is 0 Å². The molecule has 1 unspecified atom stereocenters. The van der Waals surface area contributed by atoms with Crippen molar-refractivity contribution in [1.29, 1.82) is 0 Å². The Balaban J connectivity index is 3.49. The summed E-state index contributed by atoms with van der Waals surface area (Å²) in [4.78, 5) is 25.0. The molecule has 0 saturated heterocycles. The topological polar surface area (TPSA) is 57.6 Å². The van der Waals surface area contributed by atoms with E-state index < -0.39 is 17.3 Å². The maximum atomic E-state index is 13.5. The van der Waals surface area contributed by atoms with Crippen LogP contribution in [0.1, 0.15) is 39.2 Å². The third-order valence-electron chi connectivity index (χ3n) is 3.46. The summed E-state index contributed by atoms with van der Waals surface area (Å²) in [7, 11) is 0. The molecule has 1 N–H and O–H groups in total. The molecule has 0 aliphatic rings. The Kier molecular flexibility index (Phi) is 5.25. The lowest BCUT2D eigenvalue weighted by molar-refractivity contribution is -0.160. The minimum absolute atomic E-state index is 0.172. The highest BCUT2D eigenvalue weighted by Gasteiger charge is 2.45. The highest BCUT2D eigenvalue weighted by Crippen LogP contribution is 2.33. The number of hydrogen-bond acceptors (Lipinski definition) is 2. The van der Waals surface area contributed by atoms with E-state index in [0.717, 1.165) is 0 Å². The molecule has 0 spiro atoms. The molecule has 1 aromatic rings. The number of halogens is 1. The van der Waals surface area contributed by atoms with E-state index in [4.69, 9.17) is 0 Å². The fourth-order valence-corrected chi connectivity index (χ4v) is 2.53. The first kappa shape index (κ1) is 16.1. The summed E-state index contributed by atoms with van der Waals surface area (Å²) in [6.45, 7) is 5.20. The molecule has 1 atom stereocenters. The average molecular weight is 281 g/mol. The molecule has 0 aromatic heterocycles. The van der Waals surface area contributed by atoms with Crippen LogP contribution in [-0.4, -0.2) is 28.4 Å². The first-order chi connectivity index (χ1) is 9.40. The Bertz CT molecular complexity index is 504. The summed E-state index contributed by atoms with van der Waals surface area (Å²) >= 11 is 0. The van der Waals surface area contributed by atoms with E-state index in [1.807, 2.05) is 6.92 Å². The molecule has 0 bridgehead atoms. The van der Waals surface area contributed by atoms with Gasteiger partial charge in [-0.15, -0.1) is 0 Å². The number of aliphatic carboxylic acids is 1. The molecule has 0 aliphatic heterocycles. The van der Waals surface area contributed by atoms with Gasteiger partial charge in [0.25, 0.3) is 0 Å². The van der Waals surface area contributed by atoms with Gasteiger partial charge in [0, 0.05) is 13.5 Å². The number of carbonyl (C=O) groups is 2. The zero-order chi connectivity index (χ0) is 15.3. The van der Waals surface area contributed by atoms with E-state index in [9.17, 15) is 19.1 Å². The highest BCUT2D eigenvalue weighted by molar-refractivity contribution is 5.87. The van der Waals surface area contributed by atoms with Gasteiger partial charge in [0.2, 0.25) is 5.91 Å². The number of rotatable bonds is 6. The van der Waals surface area contributed by atoms with Crippen LogP contribution in [0.15, 0.2) is 24.3 Å². The molecule has 20 heavy (non-hydrogen) atoms. The zero-order valence-corrected chi connectivity index (χ0v) is 12.0. The van der Waals surface area contributed by atoms with Gasteiger partial charge in [-0.1, -0.05) is 26.0 Å². The summed E-state index contributed by atoms with van der Waals surface area (Å²) in [6, 6.07) is 5.45. The molecule has 0 fully saturated rings. The largest absolute Gasteiger partial charge is 0.479 e. The van der Waals surface area contributed by atoms with Gasteiger partial charge >= 0.3 is 5.97 Å². The smallest absolute Gasteiger partial charge is 0.334 e. The average Bonchev–Trinajstić information content (AvgIpc) is 2.38. The maximum Gasteiger partial charge on any atom is 0.334 e. The molecule has 0 heterocycles. The number of nitrogens with zero attached hydrogens (tertiary/aromatic N) is 1.